The molecule has 0 aromatic carbocycles. The van der Waals surface area contributed by atoms with Crippen molar-refractivity contribution in [3.05, 3.63) is 0 Å². The van der Waals surface area contributed by atoms with E-state index in [4.69, 9.17) is 4.74 Å². The average molecular weight is 294 g/mol. The van der Waals surface area contributed by atoms with Gasteiger partial charge in [0.1, 0.15) is 12.1 Å². The number of piperazine rings is 1. The molecule has 3 fully saturated rings. The molecular weight excluding hydrogens is 268 g/mol. The molecule has 2 amide bonds. The summed E-state index contributed by atoms with van der Waals surface area (Å²) in [5.41, 5.74) is 0. The van der Waals surface area contributed by atoms with E-state index >= 15 is 0 Å². The van der Waals surface area contributed by atoms with Gasteiger partial charge in [-0.25, -0.2) is 0 Å². The molecule has 5 heteroatoms. The largest absolute Gasteiger partial charge is 0.376 e. The first-order valence-corrected chi connectivity index (χ1v) is 8.39. The van der Waals surface area contributed by atoms with Crippen LogP contribution in [-0.2, 0) is 14.3 Å². The highest BCUT2D eigenvalue weighted by atomic mass is 16.5. The van der Waals surface area contributed by atoms with E-state index in [0.717, 1.165) is 32.3 Å². The lowest BCUT2D eigenvalue weighted by Gasteiger charge is -2.43. The third kappa shape index (κ3) is 3.07. The number of nitrogens with zero attached hydrogens (tertiary/aromatic N) is 1. The summed E-state index contributed by atoms with van der Waals surface area (Å²) < 4.78 is 5.68. The van der Waals surface area contributed by atoms with E-state index in [9.17, 15) is 9.59 Å². The Kier molecular flexibility index (Phi) is 4.48. The lowest BCUT2D eigenvalue weighted by molar-refractivity contribution is -0.153. The Bertz CT molecular complexity index is 400. The van der Waals surface area contributed by atoms with Crippen molar-refractivity contribution in [2.24, 2.45) is 5.92 Å². The second-order valence-electron chi connectivity index (χ2n) is 6.70. The molecule has 21 heavy (non-hydrogen) atoms. The van der Waals surface area contributed by atoms with Crippen LogP contribution < -0.4 is 5.32 Å². The van der Waals surface area contributed by atoms with E-state index in [1.807, 2.05) is 4.90 Å². The average Bonchev–Trinajstić information content (AvgIpc) is 2.98. The molecule has 5 nitrogen and oxygen atoms in total. The van der Waals surface area contributed by atoms with Crippen LogP contribution in [0, 0.1) is 5.92 Å². The normalized spacial score (nSPS) is 35.1. The number of rotatable bonds is 3. The number of hydrogen-bond donors (Lipinski definition) is 1. The van der Waals surface area contributed by atoms with Crippen molar-refractivity contribution < 1.29 is 14.3 Å². The minimum atomic E-state index is -0.404. The van der Waals surface area contributed by atoms with Gasteiger partial charge in [-0.05, 0) is 38.5 Å². The number of carbonyl (C=O) groups is 2. The summed E-state index contributed by atoms with van der Waals surface area (Å²) in [6.07, 6.45) is 7.88. The summed E-state index contributed by atoms with van der Waals surface area (Å²) in [5, 5.41) is 2.86. The standard InChI is InChI=1S/C16H26N2O3/c1-11-16(20)18(10-13-8-5-9-21-13)14(15(19)17-11)12-6-3-2-4-7-12/h11-14H,2-10H2,1H3,(H,17,19). The lowest BCUT2D eigenvalue weighted by atomic mass is 9.81. The van der Waals surface area contributed by atoms with Crippen LogP contribution in [0.5, 0.6) is 0 Å². The molecule has 0 bridgehead atoms. The maximum Gasteiger partial charge on any atom is 0.245 e. The van der Waals surface area contributed by atoms with Gasteiger partial charge < -0.3 is 15.0 Å². The van der Waals surface area contributed by atoms with Crippen molar-refractivity contribution in [2.75, 3.05) is 13.2 Å². The fourth-order valence-electron chi connectivity index (χ4n) is 4.02. The number of carbonyl (C=O) groups excluding carboxylic acids is 2. The highest BCUT2D eigenvalue weighted by molar-refractivity contribution is 5.96. The topological polar surface area (TPSA) is 58.6 Å². The van der Waals surface area contributed by atoms with Gasteiger partial charge in [0.2, 0.25) is 11.8 Å². The van der Waals surface area contributed by atoms with Crippen LogP contribution in [0.2, 0.25) is 0 Å². The molecule has 2 aliphatic heterocycles. The minimum absolute atomic E-state index is 0.0343. The second kappa shape index (κ2) is 6.34. The summed E-state index contributed by atoms with van der Waals surface area (Å²) in [5.74, 6) is 0.407. The Balaban J connectivity index is 1.77. The van der Waals surface area contributed by atoms with Crippen molar-refractivity contribution in [3.63, 3.8) is 0 Å². The molecule has 3 rings (SSSR count). The zero-order chi connectivity index (χ0) is 14.8. The molecule has 3 aliphatic rings. The van der Waals surface area contributed by atoms with Crippen LogP contribution in [-0.4, -0.2) is 48.1 Å². The minimum Gasteiger partial charge on any atom is -0.376 e. The molecule has 1 saturated carbocycles. The van der Waals surface area contributed by atoms with Gasteiger partial charge in [-0.1, -0.05) is 19.3 Å². The molecule has 0 aromatic rings. The zero-order valence-electron chi connectivity index (χ0n) is 12.8. The van der Waals surface area contributed by atoms with Crippen molar-refractivity contribution in [3.8, 4) is 0 Å². The summed E-state index contributed by atoms with van der Waals surface area (Å²) in [6.45, 7) is 3.14. The van der Waals surface area contributed by atoms with E-state index in [1.165, 1.54) is 19.3 Å². The van der Waals surface area contributed by atoms with Gasteiger partial charge in [-0.2, -0.15) is 0 Å². The Morgan fingerprint density at radius 3 is 2.57 bits per heavy atom. The first-order chi connectivity index (χ1) is 10.2. The third-order valence-corrected chi connectivity index (χ3v) is 5.14. The number of amides is 2. The van der Waals surface area contributed by atoms with Crippen LogP contribution in [0.15, 0.2) is 0 Å². The molecule has 1 N–H and O–H groups in total. The highest BCUT2D eigenvalue weighted by Gasteiger charge is 2.43. The predicted octanol–water partition coefficient (Wildman–Crippen LogP) is 1.46. The molecule has 3 unspecified atom stereocenters. The summed E-state index contributed by atoms with van der Waals surface area (Å²) >= 11 is 0. The van der Waals surface area contributed by atoms with Crippen LogP contribution >= 0.6 is 0 Å². The van der Waals surface area contributed by atoms with Gasteiger partial charge >= 0.3 is 0 Å². The molecule has 0 spiro atoms. The van der Waals surface area contributed by atoms with E-state index in [2.05, 4.69) is 5.32 Å². The van der Waals surface area contributed by atoms with E-state index in [1.54, 1.807) is 6.92 Å². The van der Waals surface area contributed by atoms with Gasteiger partial charge in [0, 0.05) is 13.2 Å². The third-order valence-electron chi connectivity index (χ3n) is 5.14. The van der Waals surface area contributed by atoms with Gasteiger partial charge in [0.15, 0.2) is 0 Å². The van der Waals surface area contributed by atoms with Crippen LogP contribution in [0.4, 0.5) is 0 Å². The van der Waals surface area contributed by atoms with Crippen molar-refractivity contribution in [1.29, 1.82) is 0 Å². The molecule has 0 aromatic heterocycles. The summed E-state index contributed by atoms with van der Waals surface area (Å²) in [4.78, 5) is 26.9. The SMILES string of the molecule is CC1NC(=O)C(C2CCCCC2)N(CC2CCCO2)C1=O. The van der Waals surface area contributed by atoms with Crippen LogP contribution in [0.3, 0.4) is 0 Å². The fraction of sp³-hybridized carbons (Fsp3) is 0.875. The Morgan fingerprint density at radius 1 is 1.14 bits per heavy atom. The molecular formula is C16H26N2O3. The van der Waals surface area contributed by atoms with Crippen molar-refractivity contribution in [1.82, 2.24) is 10.2 Å². The quantitative estimate of drug-likeness (QED) is 0.857. The van der Waals surface area contributed by atoms with E-state index < -0.39 is 6.04 Å². The number of ether oxygens (including phenoxy) is 1. The highest BCUT2D eigenvalue weighted by Crippen LogP contribution is 2.31. The number of hydrogen-bond acceptors (Lipinski definition) is 3. The maximum absolute atomic E-state index is 12.6. The Labute approximate surface area is 126 Å². The lowest BCUT2D eigenvalue weighted by Crippen LogP contribution is -2.65. The van der Waals surface area contributed by atoms with Crippen molar-refractivity contribution in [2.45, 2.75) is 70.1 Å². The van der Waals surface area contributed by atoms with E-state index in [0.29, 0.717) is 12.5 Å². The second-order valence-corrected chi connectivity index (χ2v) is 6.70. The fourth-order valence-corrected chi connectivity index (χ4v) is 4.02. The van der Waals surface area contributed by atoms with Gasteiger partial charge in [0.25, 0.3) is 0 Å². The monoisotopic (exact) mass is 294 g/mol. The zero-order valence-corrected chi connectivity index (χ0v) is 12.8. The Morgan fingerprint density at radius 2 is 1.90 bits per heavy atom. The first-order valence-electron chi connectivity index (χ1n) is 8.39. The van der Waals surface area contributed by atoms with E-state index in [-0.39, 0.29) is 24.0 Å². The van der Waals surface area contributed by atoms with Crippen LogP contribution in [0.1, 0.15) is 51.9 Å². The number of nitrogens with one attached hydrogen (secondary N) is 1. The van der Waals surface area contributed by atoms with Gasteiger partial charge in [-0.15, -0.1) is 0 Å². The van der Waals surface area contributed by atoms with Crippen molar-refractivity contribution >= 4 is 11.8 Å². The molecule has 3 atom stereocenters. The molecule has 2 heterocycles. The molecule has 2 saturated heterocycles. The Hall–Kier alpha value is -1.10. The molecule has 118 valence electrons. The van der Waals surface area contributed by atoms with Gasteiger partial charge in [-0.3, -0.25) is 9.59 Å². The smallest absolute Gasteiger partial charge is 0.245 e. The van der Waals surface area contributed by atoms with Crippen LogP contribution in [0.25, 0.3) is 0 Å². The first kappa shape index (κ1) is 14.8. The molecule has 1 aliphatic carbocycles. The maximum atomic E-state index is 12.6. The van der Waals surface area contributed by atoms with Gasteiger partial charge in [0.05, 0.1) is 6.10 Å². The summed E-state index contributed by atoms with van der Waals surface area (Å²) in [6, 6.07) is -0.683. The molecule has 0 radical (unpaired) electrons. The predicted molar refractivity (Wildman–Crippen MR) is 78.7 cm³/mol. The summed E-state index contributed by atoms with van der Waals surface area (Å²) in [7, 11) is 0.